The third-order valence-corrected chi connectivity index (χ3v) is 4.34. The minimum Gasteiger partial charge on any atom is -0.481 e. The van der Waals surface area contributed by atoms with Crippen molar-refractivity contribution in [2.45, 2.75) is 96.8 Å². The van der Waals surface area contributed by atoms with E-state index < -0.39 is 5.97 Å². The van der Waals surface area contributed by atoms with Gasteiger partial charge in [-0.2, -0.15) is 0 Å². The monoisotopic (exact) mass is 406 g/mol. The number of carboxylic acid groups (broad SMARTS) is 1. The van der Waals surface area contributed by atoms with E-state index in [9.17, 15) is 4.79 Å². The highest BCUT2D eigenvalue weighted by atomic mass is 16.5. The summed E-state index contributed by atoms with van der Waals surface area (Å²) in [6.07, 6.45) is 17.3. The number of carbonyl (C=O) groups is 1. The van der Waals surface area contributed by atoms with E-state index in [2.05, 4.69) is 6.92 Å². The second kappa shape index (κ2) is 28.5. The molecule has 28 heavy (non-hydrogen) atoms. The summed E-state index contributed by atoms with van der Waals surface area (Å²) >= 11 is 0. The number of aliphatic carboxylic acids is 1. The van der Waals surface area contributed by atoms with Crippen molar-refractivity contribution >= 4 is 5.97 Å². The topological polar surface area (TPSA) is 96.2 Å². The standard InChI is InChI=1S/C16H32O2.C6H14O4/c1-2-3-4-5-6-7-8-9-10-11-12-13-14-15-16(17)18;7-1-3-9-5-6-10-4-2-8/h2-15H2,1H3,(H,17,18);7-8H,1-6H2. The first-order valence-electron chi connectivity index (χ1n) is 11.3. The molecule has 6 heteroatoms. The Morgan fingerprint density at radius 1 is 0.607 bits per heavy atom. The molecule has 6 nitrogen and oxygen atoms in total. The van der Waals surface area contributed by atoms with Crippen LogP contribution in [0.5, 0.6) is 0 Å². The van der Waals surface area contributed by atoms with Gasteiger partial charge in [0.15, 0.2) is 0 Å². The minimum absolute atomic E-state index is 0.0417. The Morgan fingerprint density at radius 2 is 0.964 bits per heavy atom. The van der Waals surface area contributed by atoms with Crippen molar-refractivity contribution in [3.8, 4) is 0 Å². The number of aliphatic hydroxyl groups is 2. The van der Waals surface area contributed by atoms with Crippen LogP contribution < -0.4 is 0 Å². The molecule has 0 aliphatic heterocycles. The van der Waals surface area contributed by atoms with Crippen LogP contribution in [-0.4, -0.2) is 60.9 Å². The number of hydrogen-bond donors (Lipinski definition) is 3. The molecule has 0 aliphatic carbocycles. The highest BCUT2D eigenvalue weighted by molar-refractivity contribution is 5.66. The van der Waals surface area contributed by atoms with E-state index in [1.165, 1.54) is 70.6 Å². The summed E-state index contributed by atoms with van der Waals surface area (Å²) in [7, 11) is 0. The maximum Gasteiger partial charge on any atom is 0.303 e. The molecule has 0 aliphatic rings. The lowest BCUT2D eigenvalue weighted by Crippen LogP contribution is -2.09. The molecule has 0 aromatic carbocycles. The van der Waals surface area contributed by atoms with Crippen LogP contribution >= 0.6 is 0 Å². The molecule has 170 valence electrons. The summed E-state index contributed by atoms with van der Waals surface area (Å²) in [6.45, 7) is 3.99. The lowest BCUT2D eigenvalue weighted by atomic mass is 10.0. The van der Waals surface area contributed by atoms with Crippen LogP contribution in [0.3, 0.4) is 0 Å². The third kappa shape index (κ3) is 32.9. The van der Waals surface area contributed by atoms with Crippen LogP contribution in [0.4, 0.5) is 0 Å². The van der Waals surface area contributed by atoms with Crippen LogP contribution in [0.2, 0.25) is 0 Å². The molecule has 0 radical (unpaired) electrons. The Morgan fingerprint density at radius 3 is 1.29 bits per heavy atom. The number of aliphatic hydroxyl groups excluding tert-OH is 2. The number of rotatable bonds is 21. The zero-order valence-electron chi connectivity index (χ0n) is 18.2. The van der Waals surface area contributed by atoms with Crippen molar-refractivity contribution in [2.75, 3.05) is 39.6 Å². The second-order valence-electron chi connectivity index (χ2n) is 7.06. The molecule has 3 N–H and O–H groups in total. The summed E-state index contributed by atoms with van der Waals surface area (Å²) in [4.78, 5) is 10.3. The predicted octanol–water partition coefficient (Wildman–Crippen LogP) is 4.56. The summed E-state index contributed by atoms with van der Waals surface area (Å²) in [5.74, 6) is -0.655. The zero-order valence-corrected chi connectivity index (χ0v) is 18.2. The summed E-state index contributed by atoms with van der Waals surface area (Å²) in [6, 6.07) is 0. The SMILES string of the molecule is CCCCCCCCCCCCCCCC(=O)O.OCCOCCOCCO. The molecular formula is C22H46O6. The lowest BCUT2D eigenvalue weighted by molar-refractivity contribution is -0.137. The molecule has 0 rings (SSSR count). The fourth-order valence-corrected chi connectivity index (χ4v) is 2.75. The van der Waals surface area contributed by atoms with Gasteiger partial charge in [0, 0.05) is 6.42 Å². The molecule has 0 heterocycles. The number of carboxylic acids is 1. The summed E-state index contributed by atoms with van der Waals surface area (Å²) in [5.41, 5.74) is 0. The van der Waals surface area contributed by atoms with Crippen molar-refractivity contribution in [3.63, 3.8) is 0 Å². The summed E-state index contributed by atoms with van der Waals surface area (Å²) in [5, 5.41) is 25.0. The van der Waals surface area contributed by atoms with E-state index in [1.807, 2.05) is 0 Å². The molecule has 0 atom stereocenters. The van der Waals surface area contributed by atoms with Gasteiger partial charge in [-0.05, 0) is 6.42 Å². The van der Waals surface area contributed by atoms with Gasteiger partial charge in [-0.15, -0.1) is 0 Å². The van der Waals surface area contributed by atoms with Gasteiger partial charge in [0.25, 0.3) is 0 Å². The third-order valence-electron chi connectivity index (χ3n) is 4.34. The molecule has 0 unspecified atom stereocenters. The first-order chi connectivity index (χ1) is 13.7. The fraction of sp³-hybridized carbons (Fsp3) is 0.955. The Balaban J connectivity index is 0. The van der Waals surface area contributed by atoms with E-state index in [0.717, 1.165) is 12.8 Å². The van der Waals surface area contributed by atoms with Crippen molar-refractivity contribution < 1.29 is 29.6 Å². The van der Waals surface area contributed by atoms with E-state index in [0.29, 0.717) is 32.8 Å². The van der Waals surface area contributed by atoms with Gasteiger partial charge in [-0.1, -0.05) is 84.0 Å². The van der Waals surface area contributed by atoms with Crippen molar-refractivity contribution in [1.82, 2.24) is 0 Å². The zero-order chi connectivity index (χ0) is 21.1. The molecule has 0 aromatic heterocycles. The fourth-order valence-electron chi connectivity index (χ4n) is 2.75. The molecule has 0 amide bonds. The largest absolute Gasteiger partial charge is 0.481 e. The highest BCUT2D eigenvalue weighted by Gasteiger charge is 1.96. The normalized spacial score (nSPS) is 10.5. The van der Waals surface area contributed by atoms with Gasteiger partial charge in [0.05, 0.1) is 39.6 Å². The van der Waals surface area contributed by atoms with Crippen molar-refractivity contribution in [1.29, 1.82) is 0 Å². The van der Waals surface area contributed by atoms with Gasteiger partial charge in [-0.3, -0.25) is 4.79 Å². The van der Waals surface area contributed by atoms with Crippen LogP contribution in [0.15, 0.2) is 0 Å². The average molecular weight is 407 g/mol. The lowest BCUT2D eigenvalue weighted by Gasteiger charge is -2.02. The van der Waals surface area contributed by atoms with Crippen molar-refractivity contribution in [2.24, 2.45) is 0 Å². The van der Waals surface area contributed by atoms with E-state index in [1.54, 1.807) is 0 Å². The van der Waals surface area contributed by atoms with Crippen molar-refractivity contribution in [3.05, 3.63) is 0 Å². The summed E-state index contributed by atoms with van der Waals surface area (Å²) < 4.78 is 9.75. The van der Waals surface area contributed by atoms with Gasteiger partial charge in [-0.25, -0.2) is 0 Å². The van der Waals surface area contributed by atoms with Crippen LogP contribution in [0.1, 0.15) is 96.8 Å². The molecule has 0 fully saturated rings. The van der Waals surface area contributed by atoms with Gasteiger partial charge >= 0.3 is 5.97 Å². The quantitative estimate of drug-likeness (QED) is 0.242. The molecule has 0 aromatic rings. The smallest absolute Gasteiger partial charge is 0.303 e. The first-order valence-corrected chi connectivity index (χ1v) is 11.3. The van der Waals surface area contributed by atoms with Gasteiger partial charge < -0.3 is 24.8 Å². The molecule has 0 saturated carbocycles. The minimum atomic E-state index is -0.655. The first kappa shape index (κ1) is 29.5. The maximum atomic E-state index is 10.3. The van der Waals surface area contributed by atoms with Crippen LogP contribution in [0.25, 0.3) is 0 Å². The Labute approximate surface area is 172 Å². The van der Waals surface area contributed by atoms with Gasteiger partial charge in [0.1, 0.15) is 0 Å². The Hall–Kier alpha value is -0.690. The highest BCUT2D eigenvalue weighted by Crippen LogP contribution is 2.12. The number of ether oxygens (including phenoxy) is 2. The molecular weight excluding hydrogens is 360 g/mol. The maximum absolute atomic E-state index is 10.3. The molecule has 0 saturated heterocycles. The van der Waals surface area contributed by atoms with E-state index in [4.69, 9.17) is 24.8 Å². The predicted molar refractivity (Wildman–Crippen MR) is 114 cm³/mol. The number of hydrogen-bond acceptors (Lipinski definition) is 5. The van der Waals surface area contributed by atoms with E-state index in [-0.39, 0.29) is 13.2 Å². The van der Waals surface area contributed by atoms with Crippen LogP contribution in [0, 0.1) is 0 Å². The molecule has 0 bridgehead atoms. The number of unbranched alkanes of at least 4 members (excludes halogenated alkanes) is 12. The van der Waals surface area contributed by atoms with Crippen LogP contribution in [-0.2, 0) is 14.3 Å². The average Bonchev–Trinajstić information content (AvgIpc) is 2.68. The van der Waals surface area contributed by atoms with E-state index >= 15 is 0 Å². The molecule has 0 spiro atoms. The Kier molecular flexibility index (Phi) is 30.1. The van der Waals surface area contributed by atoms with Gasteiger partial charge in [0.2, 0.25) is 0 Å². The second-order valence-corrected chi connectivity index (χ2v) is 7.06. The Bertz CT molecular complexity index is 278.